The lowest BCUT2D eigenvalue weighted by molar-refractivity contribution is 0.463. The molecule has 0 spiro atoms. The Labute approximate surface area is 101 Å². The van der Waals surface area contributed by atoms with Crippen molar-refractivity contribution in [3.05, 3.63) is 30.5 Å². The van der Waals surface area contributed by atoms with Crippen molar-refractivity contribution in [2.24, 2.45) is 0 Å². The van der Waals surface area contributed by atoms with E-state index in [2.05, 4.69) is 16.5 Å². The van der Waals surface area contributed by atoms with E-state index >= 15 is 0 Å². The summed E-state index contributed by atoms with van der Waals surface area (Å²) in [7, 11) is 0. The van der Waals surface area contributed by atoms with Gasteiger partial charge in [0.1, 0.15) is 6.04 Å². The van der Waals surface area contributed by atoms with Crippen LogP contribution < -0.4 is 5.32 Å². The van der Waals surface area contributed by atoms with Crippen LogP contribution in [0, 0.1) is 11.3 Å². The SMILES string of the molecule is CC(C)NC(C#N)Cn1ncc2ccccc21. The highest BCUT2D eigenvalue weighted by molar-refractivity contribution is 5.78. The van der Waals surface area contributed by atoms with E-state index in [-0.39, 0.29) is 6.04 Å². The van der Waals surface area contributed by atoms with Crippen LogP contribution >= 0.6 is 0 Å². The number of hydrogen-bond donors (Lipinski definition) is 1. The van der Waals surface area contributed by atoms with Crippen LogP contribution in [0.2, 0.25) is 0 Å². The standard InChI is InChI=1S/C13H16N4/c1-10(2)16-12(7-14)9-17-13-6-4-3-5-11(13)8-15-17/h3-6,8,10,12,16H,9H2,1-2H3. The molecule has 0 aliphatic heterocycles. The Morgan fingerprint density at radius 2 is 2.18 bits per heavy atom. The van der Waals surface area contributed by atoms with Crippen molar-refractivity contribution >= 4 is 10.9 Å². The van der Waals surface area contributed by atoms with Gasteiger partial charge in [-0.15, -0.1) is 0 Å². The number of rotatable bonds is 4. The zero-order chi connectivity index (χ0) is 12.3. The van der Waals surface area contributed by atoms with Crippen LogP contribution in [0.15, 0.2) is 30.5 Å². The van der Waals surface area contributed by atoms with Crippen LogP contribution in [-0.4, -0.2) is 21.9 Å². The summed E-state index contributed by atoms with van der Waals surface area (Å²) in [4.78, 5) is 0. The summed E-state index contributed by atoms with van der Waals surface area (Å²) < 4.78 is 1.87. The maximum Gasteiger partial charge on any atom is 0.115 e. The average Bonchev–Trinajstić information content (AvgIpc) is 2.71. The molecule has 0 aliphatic carbocycles. The minimum atomic E-state index is -0.210. The normalized spacial score (nSPS) is 12.8. The largest absolute Gasteiger partial charge is 0.298 e. The minimum Gasteiger partial charge on any atom is -0.298 e. The van der Waals surface area contributed by atoms with Gasteiger partial charge in [0, 0.05) is 11.4 Å². The summed E-state index contributed by atoms with van der Waals surface area (Å²) in [6.07, 6.45) is 1.83. The zero-order valence-electron chi connectivity index (χ0n) is 10.1. The summed E-state index contributed by atoms with van der Waals surface area (Å²) in [6.45, 7) is 4.64. The third-order valence-corrected chi connectivity index (χ3v) is 2.60. The van der Waals surface area contributed by atoms with Gasteiger partial charge < -0.3 is 0 Å². The lowest BCUT2D eigenvalue weighted by Gasteiger charge is -2.14. The van der Waals surface area contributed by atoms with Gasteiger partial charge in [0.25, 0.3) is 0 Å². The van der Waals surface area contributed by atoms with Crippen molar-refractivity contribution in [2.45, 2.75) is 32.5 Å². The molecule has 0 radical (unpaired) electrons. The van der Waals surface area contributed by atoms with E-state index in [0.717, 1.165) is 10.9 Å². The Balaban J connectivity index is 2.20. The van der Waals surface area contributed by atoms with E-state index in [9.17, 15) is 0 Å². The van der Waals surface area contributed by atoms with E-state index in [1.807, 2.05) is 49.0 Å². The van der Waals surface area contributed by atoms with E-state index in [0.29, 0.717) is 12.6 Å². The molecule has 0 fully saturated rings. The van der Waals surface area contributed by atoms with Crippen LogP contribution in [0.25, 0.3) is 10.9 Å². The number of hydrogen-bond acceptors (Lipinski definition) is 3. The fourth-order valence-electron chi connectivity index (χ4n) is 1.88. The van der Waals surface area contributed by atoms with E-state index in [4.69, 9.17) is 5.26 Å². The first-order valence-corrected chi connectivity index (χ1v) is 5.77. The molecule has 1 atom stereocenters. The van der Waals surface area contributed by atoms with E-state index in [1.165, 1.54) is 0 Å². The Kier molecular flexibility index (Phi) is 3.40. The molecule has 1 unspecified atom stereocenters. The molecule has 1 aromatic carbocycles. The van der Waals surface area contributed by atoms with Gasteiger partial charge in [-0.25, -0.2) is 0 Å². The number of nitrogens with zero attached hydrogens (tertiary/aromatic N) is 3. The molecule has 1 heterocycles. The zero-order valence-corrected chi connectivity index (χ0v) is 10.1. The molecule has 0 amide bonds. The van der Waals surface area contributed by atoms with Crippen molar-refractivity contribution in [1.29, 1.82) is 5.26 Å². The highest BCUT2D eigenvalue weighted by atomic mass is 15.3. The van der Waals surface area contributed by atoms with Crippen LogP contribution in [0.1, 0.15) is 13.8 Å². The highest BCUT2D eigenvalue weighted by Crippen LogP contribution is 2.12. The quantitative estimate of drug-likeness (QED) is 0.870. The lowest BCUT2D eigenvalue weighted by atomic mass is 10.2. The summed E-state index contributed by atoms with van der Waals surface area (Å²) in [6, 6.07) is 10.4. The van der Waals surface area contributed by atoms with Crippen molar-refractivity contribution < 1.29 is 0 Å². The Morgan fingerprint density at radius 3 is 2.88 bits per heavy atom. The highest BCUT2D eigenvalue weighted by Gasteiger charge is 2.11. The number of nitriles is 1. The number of fused-ring (bicyclic) bond motifs is 1. The molecule has 4 heteroatoms. The molecule has 17 heavy (non-hydrogen) atoms. The fraction of sp³-hybridized carbons (Fsp3) is 0.385. The summed E-state index contributed by atoms with van der Waals surface area (Å²) in [5.41, 5.74) is 1.07. The van der Waals surface area contributed by atoms with Crippen LogP contribution in [0.3, 0.4) is 0 Å². The molecule has 0 saturated carbocycles. The summed E-state index contributed by atoms with van der Waals surface area (Å²) >= 11 is 0. The number of nitrogens with one attached hydrogen (secondary N) is 1. The van der Waals surface area contributed by atoms with Gasteiger partial charge in [-0.1, -0.05) is 18.2 Å². The van der Waals surface area contributed by atoms with Crippen molar-refractivity contribution in [3.63, 3.8) is 0 Å². The second-order valence-electron chi connectivity index (χ2n) is 4.39. The third-order valence-electron chi connectivity index (χ3n) is 2.60. The molecule has 0 saturated heterocycles. The monoisotopic (exact) mass is 228 g/mol. The molecule has 1 aromatic heterocycles. The lowest BCUT2D eigenvalue weighted by Crippen LogP contribution is -2.37. The predicted octanol–water partition coefficient (Wildman–Crippen LogP) is 1.93. The average molecular weight is 228 g/mol. The second kappa shape index (κ2) is 4.98. The maximum absolute atomic E-state index is 9.09. The number of benzene rings is 1. The minimum absolute atomic E-state index is 0.210. The first-order chi connectivity index (χ1) is 8.20. The van der Waals surface area contributed by atoms with Gasteiger partial charge in [-0.2, -0.15) is 10.4 Å². The molecule has 0 aliphatic rings. The van der Waals surface area contributed by atoms with Gasteiger partial charge in [-0.05, 0) is 19.9 Å². The summed E-state index contributed by atoms with van der Waals surface area (Å²) in [5.74, 6) is 0. The molecule has 88 valence electrons. The molecular weight excluding hydrogens is 212 g/mol. The topological polar surface area (TPSA) is 53.6 Å². The van der Waals surface area contributed by atoms with Gasteiger partial charge in [0.05, 0.1) is 24.3 Å². The predicted molar refractivity (Wildman–Crippen MR) is 67.4 cm³/mol. The molecule has 2 aromatic rings. The Bertz CT molecular complexity index is 536. The van der Waals surface area contributed by atoms with Gasteiger partial charge >= 0.3 is 0 Å². The number of para-hydroxylation sites is 1. The summed E-state index contributed by atoms with van der Waals surface area (Å²) in [5, 5.41) is 17.7. The first-order valence-electron chi connectivity index (χ1n) is 5.77. The van der Waals surface area contributed by atoms with Crippen molar-refractivity contribution in [2.75, 3.05) is 0 Å². The van der Waals surface area contributed by atoms with Gasteiger partial charge in [-0.3, -0.25) is 10.00 Å². The smallest absolute Gasteiger partial charge is 0.115 e. The van der Waals surface area contributed by atoms with E-state index in [1.54, 1.807) is 0 Å². The van der Waals surface area contributed by atoms with Gasteiger partial charge in [0.2, 0.25) is 0 Å². The van der Waals surface area contributed by atoms with Crippen LogP contribution in [0.4, 0.5) is 0 Å². The van der Waals surface area contributed by atoms with Crippen molar-refractivity contribution in [3.8, 4) is 6.07 Å². The van der Waals surface area contributed by atoms with Crippen LogP contribution in [-0.2, 0) is 6.54 Å². The van der Waals surface area contributed by atoms with Crippen LogP contribution in [0.5, 0.6) is 0 Å². The molecule has 2 rings (SSSR count). The fourth-order valence-corrected chi connectivity index (χ4v) is 1.88. The first kappa shape index (κ1) is 11.6. The maximum atomic E-state index is 9.09. The van der Waals surface area contributed by atoms with Crippen molar-refractivity contribution in [1.82, 2.24) is 15.1 Å². The molecule has 4 nitrogen and oxygen atoms in total. The molecule has 1 N–H and O–H groups in total. The molecular formula is C13H16N4. The number of aromatic nitrogens is 2. The molecule has 0 bridgehead atoms. The van der Waals surface area contributed by atoms with E-state index < -0.39 is 0 Å². The third kappa shape index (κ3) is 2.63. The van der Waals surface area contributed by atoms with Gasteiger partial charge in [0.15, 0.2) is 0 Å². The second-order valence-corrected chi connectivity index (χ2v) is 4.39. The Morgan fingerprint density at radius 1 is 1.41 bits per heavy atom. The Hall–Kier alpha value is -1.86.